The summed E-state index contributed by atoms with van der Waals surface area (Å²) in [7, 11) is 0. The van der Waals surface area contributed by atoms with E-state index in [1.165, 1.54) is 11.3 Å². The maximum Gasteiger partial charge on any atom is 0.222 e. The van der Waals surface area contributed by atoms with Gasteiger partial charge in [0, 0.05) is 40.9 Å². The summed E-state index contributed by atoms with van der Waals surface area (Å²) in [6.45, 7) is 6.24. The van der Waals surface area contributed by atoms with Crippen LogP contribution in [0.15, 0.2) is 18.2 Å². The highest BCUT2D eigenvalue weighted by molar-refractivity contribution is 6.34. The summed E-state index contributed by atoms with van der Waals surface area (Å²) < 4.78 is 7.57. The van der Waals surface area contributed by atoms with E-state index in [1.807, 2.05) is 16.8 Å². The molecule has 0 spiro atoms. The second kappa shape index (κ2) is 10.5. The molecular weight excluding hydrogens is 409 g/mol. The Labute approximate surface area is 182 Å². The van der Waals surface area contributed by atoms with Gasteiger partial charge in [0.15, 0.2) is 0 Å². The van der Waals surface area contributed by atoms with Crippen LogP contribution in [-0.4, -0.2) is 34.9 Å². The minimum atomic E-state index is 0.0478. The summed E-state index contributed by atoms with van der Waals surface area (Å²) in [6.07, 6.45) is 5.02. The number of aromatic nitrogens is 2. The van der Waals surface area contributed by atoms with E-state index in [9.17, 15) is 4.79 Å². The van der Waals surface area contributed by atoms with Crippen molar-refractivity contribution < 1.29 is 9.53 Å². The van der Waals surface area contributed by atoms with Crippen LogP contribution < -0.4 is 5.32 Å². The molecule has 0 radical (unpaired) electrons. The van der Waals surface area contributed by atoms with Crippen molar-refractivity contribution in [3.05, 3.63) is 50.8 Å². The summed E-state index contributed by atoms with van der Waals surface area (Å²) in [5.41, 5.74) is 4.60. The predicted molar refractivity (Wildman–Crippen MR) is 117 cm³/mol. The topological polar surface area (TPSA) is 56.2 Å². The molecular formula is C22H29Cl2N3O2. The fourth-order valence-electron chi connectivity index (χ4n) is 3.96. The zero-order chi connectivity index (χ0) is 20.8. The van der Waals surface area contributed by atoms with Gasteiger partial charge in [0.25, 0.3) is 0 Å². The Hall–Kier alpha value is -1.56. The fraction of sp³-hybridized carbons (Fsp3) is 0.545. The van der Waals surface area contributed by atoms with E-state index in [2.05, 4.69) is 19.2 Å². The molecule has 29 heavy (non-hydrogen) atoms. The lowest BCUT2D eigenvalue weighted by molar-refractivity contribution is -0.123. The van der Waals surface area contributed by atoms with Crippen molar-refractivity contribution >= 4 is 29.1 Å². The Morgan fingerprint density at radius 2 is 2.00 bits per heavy atom. The van der Waals surface area contributed by atoms with Crippen molar-refractivity contribution in [1.82, 2.24) is 15.1 Å². The Morgan fingerprint density at radius 1 is 1.24 bits per heavy atom. The van der Waals surface area contributed by atoms with Gasteiger partial charge in [-0.25, -0.2) is 0 Å². The number of carbonyl (C=O) groups excluding carboxylic acids is 1. The van der Waals surface area contributed by atoms with Crippen LogP contribution in [0.4, 0.5) is 0 Å². The number of rotatable bonds is 9. The first-order chi connectivity index (χ1) is 14.0. The second-order valence-corrected chi connectivity index (χ2v) is 8.32. The molecule has 1 unspecified atom stereocenters. The molecule has 5 nitrogen and oxygen atoms in total. The zero-order valence-electron chi connectivity index (χ0n) is 17.1. The summed E-state index contributed by atoms with van der Waals surface area (Å²) in [6, 6.07) is 5.65. The largest absolute Gasteiger partial charge is 0.378 e. The van der Waals surface area contributed by atoms with Gasteiger partial charge < -0.3 is 10.1 Å². The number of nitrogens with zero attached hydrogens (tertiary/aromatic N) is 2. The van der Waals surface area contributed by atoms with Crippen molar-refractivity contribution in [2.45, 2.75) is 65.0 Å². The normalized spacial score (nSPS) is 16.3. The molecule has 3 rings (SSSR count). The number of amides is 1. The maximum atomic E-state index is 12.1. The van der Waals surface area contributed by atoms with Gasteiger partial charge in [0.05, 0.1) is 24.8 Å². The summed E-state index contributed by atoms with van der Waals surface area (Å²) in [5.74, 6) is 0.0478. The van der Waals surface area contributed by atoms with Gasteiger partial charge in [-0.15, -0.1) is 0 Å². The molecule has 1 aliphatic heterocycles. The maximum absolute atomic E-state index is 12.1. The van der Waals surface area contributed by atoms with Crippen molar-refractivity contribution in [2.24, 2.45) is 0 Å². The third-order valence-electron chi connectivity index (χ3n) is 5.31. The minimum absolute atomic E-state index is 0.0478. The lowest BCUT2D eigenvalue weighted by Crippen LogP contribution is -2.30. The Kier molecular flexibility index (Phi) is 7.99. The Morgan fingerprint density at radius 3 is 2.62 bits per heavy atom. The highest BCUT2D eigenvalue weighted by atomic mass is 35.5. The molecule has 7 heteroatoms. The lowest BCUT2D eigenvalue weighted by atomic mass is 10.0. The average Bonchev–Trinajstić information content (AvgIpc) is 3.28. The number of benzene rings is 1. The number of hydrogen-bond donors (Lipinski definition) is 1. The number of halogens is 2. The molecule has 1 atom stereocenters. The highest BCUT2D eigenvalue weighted by Crippen LogP contribution is 2.25. The monoisotopic (exact) mass is 437 g/mol. The van der Waals surface area contributed by atoms with Crippen LogP contribution in [-0.2, 0) is 35.3 Å². The van der Waals surface area contributed by atoms with E-state index >= 15 is 0 Å². The van der Waals surface area contributed by atoms with Gasteiger partial charge in [-0.2, -0.15) is 5.10 Å². The molecule has 158 valence electrons. The van der Waals surface area contributed by atoms with Crippen LogP contribution in [0.5, 0.6) is 0 Å². The number of nitrogens with one attached hydrogen (secondary N) is 1. The van der Waals surface area contributed by atoms with Gasteiger partial charge in [-0.1, -0.05) is 37.0 Å². The van der Waals surface area contributed by atoms with Crippen molar-refractivity contribution in [3.63, 3.8) is 0 Å². The molecule has 2 heterocycles. The number of ether oxygens (including phenoxy) is 1. The molecule has 1 aromatic heterocycles. The van der Waals surface area contributed by atoms with Gasteiger partial charge in [0.1, 0.15) is 0 Å². The zero-order valence-corrected chi connectivity index (χ0v) is 18.7. The lowest BCUT2D eigenvalue weighted by Gasteiger charge is -2.11. The van der Waals surface area contributed by atoms with Crippen LogP contribution in [0.3, 0.4) is 0 Å². The van der Waals surface area contributed by atoms with E-state index in [-0.39, 0.29) is 12.0 Å². The van der Waals surface area contributed by atoms with Crippen LogP contribution in [0, 0.1) is 0 Å². The smallest absolute Gasteiger partial charge is 0.222 e. The number of carbonyl (C=O) groups is 1. The molecule has 2 aromatic rings. The van der Waals surface area contributed by atoms with E-state index in [1.54, 1.807) is 6.07 Å². The molecule has 1 aromatic carbocycles. The van der Waals surface area contributed by atoms with Crippen LogP contribution in [0.25, 0.3) is 0 Å². The molecule has 1 aliphatic rings. The molecule has 0 bridgehead atoms. The van der Waals surface area contributed by atoms with E-state index in [4.69, 9.17) is 33.0 Å². The third kappa shape index (κ3) is 5.97. The SMILES string of the molecule is CCc1nn(CCNC(=O)CC2CCCO2)c(CC)c1Cc1cc(Cl)cc(Cl)c1. The molecule has 1 N–H and O–H groups in total. The summed E-state index contributed by atoms with van der Waals surface area (Å²) in [5, 5.41) is 9.11. The third-order valence-corrected chi connectivity index (χ3v) is 5.74. The van der Waals surface area contributed by atoms with Crippen molar-refractivity contribution in [1.29, 1.82) is 0 Å². The first-order valence-corrected chi connectivity index (χ1v) is 11.2. The van der Waals surface area contributed by atoms with Crippen LogP contribution >= 0.6 is 23.2 Å². The standard InChI is InChI=1S/C22H29Cl2N3O2/c1-3-20-19(12-15-10-16(23)13-17(24)11-15)21(4-2)27(26-20)8-7-25-22(28)14-18-6-5-9-29-18/h10-11,13,18H,3-9,12,14H2,1-2H3,(H,25,28). The van der Waals surface area contributed by atoms with E-state index in [0.717, 1.165) is 50.0 Å². The Bertz CT molecular complexity index is 825. The first-order valence-electron chi connectivity index (χ1n) is 10.4. The summed E-state index contributed by atoms with van der Waals surface area (Å²) in [4.78, 5) is 12.1. The van der Waals surface area contributed by atoms with Gasteiger partial charge in [-0.05, 0) is 49.4 Å². The van der Waals surface area contributed by atoms with Crippen molar-refractivity contribution in [2.75, 3.05) is 13.2 Å². The number of hydrogen-bond acceptors (Lipinski definition) is 3. The molecule has 0 aliphatic carbocycles. The quantitative estimate of drug-likeness (QED) is 0.623. The summed E-state index contributed by atoms with van der Waals surface area (Å²) >= 11 is 12.3. The van der Waals surface area contributed by atoms with Gasteiger partial charge in [0.2, 0.25) is 5.91 Å². The van der Waals surface area contributed by atoms with Gasteiger partial charge in [-0.3, -0.25) is 9.48 Å². The van der Waals surface area contributed by atoms with Crippen LogP contribution in [0.2, 0.25) is 10.0 Å². The van der Waals surface area contributed by atoms with Crippen LogP contribution in [0.1, 0.15) is 55.6 Å². The molecule has 0 saturated carbocycles. The molecule has 1 amide bonds. The first kappa shape index (κ1) is 22.1. The van der Waals surface area contributed by atoms with Crippen molar-refractivity contribution in [3.8, 4) is 0 Å². The predicted octanol–water partition coefficient (Wildman–Crippen LogP) is 4.59. The molecule has 1 fully saturated rings. The van der Waals surface area contributed by atoms with Gasteiger partial charge >= 0.3 is 0 Å². The molecule has 1 saturated heterocycles. The number of aryl methyl sites for hydroxylation is 1. The van der Waals surface area contributed by atoms with E-state index in [0.29, 0.717) is 29.6 Å². The Balaban J connectivity index is 1.66. The average molecular weight is 438 g/mol. The fourth-order valence-corrected chi connectivity index (χ4v) is 4.53. The highest BCUT2D eigenvalue weighted by Gasteiger charge is 2.19. The second-order valence-electron chi connectivity index (χ2n) is 7.45. The van der Waals surface area contributed by atoms with E-state index < -0.39 is 0 Å². The minimum Gasteiger partial charge on any atom is -0.378 e.